The largest absolute Gasteiger partial charge is 0.497 e. The average molecular weight is 288 g/mol. The number of benzene rings is 1. The summed E-state index contributed by atoms with van der Waals surface area (Å²) in [6.07, 6.45) is 2.00. The maximum absolute atomic E-state index is 12.6. The molecule has 1 N–H and O–H groups in total. The molecule has 1 aliphatic rings. The van der Waals surface area contributed by atoms with Crippen LogP contribution in [0.5, 0.6) is 5.75 Å². The molecule has 1 amide bonds. The zero-order valence-corrected chi connectivity index (χ0v) is 12.6. The van der Waals surface area contributed by atoms with Gasteiger partial charge < -0.3 is 14.8 Å². The topological polar surface area (TPSA) is 71.3 Å². The molecule has 21 heavy (non-hydrogen) atoms. The summed E-state index contributed by atoms with van der Waals surface area (Å²) in [7, 11) is 1.54. The molecule has 0 aromatic heterocycles. The van der Waals surface area contributed by atoms with Crippen LogP contribution in [0.3, 0.4) is 0 Å². The Balaban J connectivity index is 2.21. The second kappa shape index (κ2) is 6.15. The monoisotopic (exact) mass is 288 g/mol. The summed E-state index contributed by atoms with van der Waals surface area (Å²) in [5.41, 5.74) is 0.0220. The Morgan fingerprint density at radius 3 is 2.76 bits per heavy atom. The van der Waals surface area contributed by atoms with Gasteiger partial charge in [0.1, 0.15) is 17.4 Å². The fourth-order valence-corrected chi connectivity index (χ4v) is 2.40. The van der Waals surface area contributed by atoms with Gasteiger partial charge in [0.05, 0.1) is 18.4 Å². The summed E-state index contributed by atoms with van der Waals surface area (Å²) in [6.45, 7) is 4.18. The van der Waals surface area contributed by atoms with Crippen LogP contribution in [0.4, 0.5) is 5.69 Å². The van der Waals surface area contributed by atoms with Gasteiger partial charge in [0.25, 0.3) is 5.91 Å². The zero-order valence-electron chi connectivity index (χ0n) is 12.6. The smallest absolute Gasteiger partial charge is 0.256 e. The zero-order chi connectivity index (χ0) is 15.5. The van der Waals surface area contributed by atoms with Crippen LogP contribution in [0.25, 0.3) is 0 Å². The number of methoxy groups -OCH3 is 1. The first-order valence-corrected chi connectivity index (χ1v) is 7.08. The summed E-state index contributed by atoms with van der Waals surface area (Å²) in [5.74, 6) is 0.633. The van der Waals surface area contributed by atoms with Crippen molar-refractivity contribution >= 4 is 11.6 Å². The number of carbonyl (C=O) groups is 1. The molecule has 0 spiro atoms. The van der Waals surface area contributed by atoms with Gasteiger partial charge in [-0.3, -0.25) is 4.79 Å². The van der Waals surface area contributed by atoms with E-state index in [-0.39, 0.29) is 11.8 Å². The predicted octanol–water partition coefficient (Wildman–Crippen LogP) is 2.71. The Labute approximate surface area is 124 Å². The summed E-state index contributed by atoms with van der Waals surface area (Å²) < 4.78 is 10.8. The van der Waals surface area contributed by atoms with Crippen LogP contribution in [-0.2, 0) is 9.53 Å². The molecule has 0 saturated heterocycles. The normalized spacial score (nSPS) is 16.7. The second-order valence-corrected chi connectivity index (χ2v) is 5.29. The Hall–Kier alpha value is -2.06. The molecular weight excluding hydrogens is 268 g/mol. The highest BCUT2D eigenvalue weighted by molar-refractivity contribution is 5.98. The van der Waals surface area contributed by atoms with Gasteiger partial charge in [-0.05, 0) is 50.8 Å². The molecule has 1 fully saturated rings. The summed E-state index contributed by atoms with van der Waals surface area (Å²) in [6, 6.07) is 7.06. The quantitative estimate of drug-likeness (QED) is 0.873. The third-order valence-electron chi connectivity index (χ3n) is 3.85. The SMILES string of the molecule is CCO[C@](C)(C(=O)Nc1ccc(OC)cc1C#N)C1CC1. The molecule has 112 valence electrons. The lowest BCUT2D eigenvalue weighted by molar-refractivity contribution is -0.141. The third-order valence-corrected chi connectivity index (χ3v) is 3.85. The molecule has 1 aromatic carbocycles. The van der Waals surface area contributed by atoms with Crippen molar-refractivity contribution in [2.24, 2.45) is 5.92 Å². The van der Waals surface area contributed by atoms with Crippen molar-refractivity contribution in [1.29, 1.82) is 5.26 Å². The molecule has 1 atom stereocenters. The van der Waals surface area contributed by atoms with Crippen molar-refractivity contribution in [3.05, 3.63) is 23.8 Å². The molecule has 0 radical (unpaired) electrons. The van der Waals surface area contributed by atoms with Crippen LogP contribution >= 0.6 is 0 Å². The number of nitrogens with zero attached hydrogens (tertiary/aromatic N) is 1. The van der Waals surface area contributed by atoms with Gasteiger partial charge in [-0.25, -0.2) is 0 Å². The lowest BCUT2D eigenvalue weighted by Crippen LogP contribution is -2.45. The first-order chi connectivity index (χ1) is 10.0. The minimum Gasteiger partial charge on any atom is -0.497 e. The van der Waals surface area contributed by atoms with E-state index in [1.165, 1.54) is 7.11 Å². The highest BCUT2D eigenvalue weighted by Gasteiger charge is 2.48. The molecular formula is C16H20N2O3. The second-order valence-electron chi connectivity index (χ2n) is 5.29. The number of anilines is 1. The molecule has 0 heterocycles. The average Bonchev–Trinajstić information content (AvgIpc) is 3.32. The number of nitrogens with one attached hydrogen (secondary N) is 1. The molecule has 5 nitrogen and oxygen atoms in total. The number of rotatable bonds is 6. The van der Waals surface area contributed by atoms with E-state index in [0.29, 0.717) is 23.6 Å². The molecule has 2 rings (SSSR count). The molecule has 0 unspecified atom stereocenters. The van der Waals surface area contributed by atoms with E-state index in [9.17, 15) is 10.1 Å². The van der Waals surface area contributed by atoms with Crippen LogP contribution in [0.1, 0.15) is 32.3 Å². The van der Waals surface area contributed by atoms with Gasteiger partial charge >= 0.3 is 0 Å². The van der Waals surface area contributed by atoms with Crippen molar-refractivity contribution in [3.63, 3.8) is 0 Å². The maximum atomic E-state index is 12.6. The van der Waals surface area contributed by atoms with Crippen molar-refractivity contribution in [2.75, 3.05) is 19.0 Å². The van der Waals surface area contributed by atoms with E-state index < -0.39 is 5.60 Å². The molecule has 1 aliphatic carbocycles. The van der Waals surface area contributed by atoms with Crippen molar-refractivity contribution in [1.82, 2.24) is 0 Å². The maximum Gasteiger partial charge on any atom is 0.256 e. The van der Waals surface area contributed by atoms with Crippen LogP contribution < -0.4 is 10.1 Å². The number of ether oxygens (including phenoxy) is 2. The van der Waals surface area contributed by atoms with Crippen LogP contribution in [0.15, 0.2) is 18.2 Å². The standard InChI is InChI=1S/C16H20N2O3/c1-4-21-16(2,12-5-6-12)15(19)18-14-8-7-13(20-3)9-11(14)10-17/h7-9,12H,4-6H2,1-3H3,(H,18,19)/t16-/m0/s1. The number of amides is 1. The number of carbonyl (C=O) groups excluding carboxylic acids is 1. The van der Waals surface area contributed by atoms with E-state index in [1.54, 1.807) is 18.2 Å². The van der Waals surface area contributed by atoms with Gasteiger partial charge in [0.15, 0.2) is 0 Å². The predicted molar refractivity (Wildman–Crippen MR) is 79.1 cm³/mol. The molecule has 5 heteroatoms. The molecule has 0 bridgehead atoms. The highest BCUT2D eigenvalue weighted by Crippen LogP contribution is 2.42. The third kappa shape index (κ3) is 3.17. The number of hydrogen-bond acceptors (Lipinski definition) is 4. The van der Waals surface area contributed by atoms with Crippen LogP contribution in [-0.4, -0.2) is 25.2 Å². The van der Waals surface area contributed by atoms with E-state index in [0.717, 1.165) is 12.8 Å². The Bertz CT molecular complexity index is 575. The van der Waals surface area contributed by atoms with Crippen LogP contribution in [0.2, 0.25) is 0 Å². The lowest BCUT2D eigenvalue weighted by atomic mass is 9.98. The first kappa shape index (κ1) is 15.3. The number of hydrogen-bond donors (Lipinski definition) is 1. The fraction of sp³-hybridized carbons (Fsp3) is 0.500. The Morgan fingerprint density at radius 1 is 1.52 bits per heavy atom. The minimum absolute atomic E-state index is 0.200. The number of nitriles is 1. The molecule has 1 aromatic rings. The highest BCUT2D eigenvalue weighted by atomic mass is 16.5. The fourth-order valence-electron chi connectivity index (χ4n) is 2.40. The van der Waals surface area contributed by atoms with Crippen molar-refractivity contribution in [3.8, 4) is 11.8 Å². The minimum atomic E-state index is -0.832. The van der Waals surface area contributed by atoms with E-state index >= 15 is 0 Å². The van der Waals surface area contributed by atoms with Gasteiger partial charge in [-0.1, -0.05) is 0 Å². The summed E-state index contributed by atoms with van der Waals surface area (Å²) in [4.78, 5) is 12.6. The molecule has 1 saturated carbocycles. The Kier molecular flexibility index (Phi) is 4.49. The van der Waals surface area contributed by atoms with Crippen LogP contribution in [0, 0.1) is 17.2 Å². The summed E-state index contributed by atoms with van der Waals surface area (Å²) in [5, 5.41) is 12.0. The van der Waals surface area contributed by atoms with Crippen molar-refractivity contribution in [2.45, 2.75) is 32.3 Å². The first-order valence-electron chi connectivity index (χ1n) is 7.08. The van der Waals surface area contributed by atoms with E-state index in [1.807, 2.05) is 13.8 Å². The summed E-state index contributed by atoms with van der Waals surface area (Å²) >= 11 is 0. The molecule has 0 aliphatic heterocycles. The van der Waals surface area contributed by atoms with E-state index in [4.69, 9.17) is 9.47 Å². The van der Waals surface area contributed by atoms with Gasteiger partial charge in [-0.15, -0.1) is 0 Å². The van der Waals surface area contributed by atoms with E-state index in [2.05, 4.69) is 11.4 Å². The van der Waals surface area contributed by atoms with Crippen molar-refractivity contribution < 1.29 is 14.3 Å². The van der Waals surface area contributed by atoms with Gasteiger partial charge in [-0.2, -0.15) is 5.26 Å². The lowest BCUT2D eigenvalue weighted by Gasteiger charge is -2.28. The Morgan fingerprint density at radius 2 is 2.24 bits per heavy atom. The van der Waals surface area contributed by atoms with Gasteiger partial charge in [0, 0.05) is 6.61 Å². The van der Waals surface area contributed by atoms with Gasteiger partial charge in [0.2, 0.25) is 0 Å².